The van der Waals surface area contributed by atoms with Crippen LogP contribution in [0, 0.1) is 11.8 Å². The molecule has 2 aromatic carbocycles. The summed E-state index contributed by atoms with van der Waals surface area (Å²) in [7, 11) is 0. The molecule has 0 saturated heterocycles. The summed E-state index contributed by atoms with van der Waals surface area (Å²) < 4.78 is 11.6. The molecule has 3 nitrogen and oxygen atoms in total. The van der Waals surface area contributed by atoms with E-state index in [0.717, 1.165) is 24.5 Å². The molecule has 1 heterocycles. The van der Waals surface area contributed by atoms with Crippen LogP contribution in [0.15, 0.2) is 54.6 Å². The molecule has 0 saturated carbocycles. The quantitative estimate of drug-likeness (QED) is 0.644. The lowest BCUT2D eigenvalue weighted by Gasteiger charge is -2.37. The Labute approximate surface area is 162 Å². The lowest BCUT2D eigenvalue weighted by molar-refractivity contribution is 0.270. The third-order valence-electron chi connectivity index (χ3n) is 5.47. The molecule has 0 radical (unpaired) electrons. The summed E-state index contributed by atoms with van der Waals surface area (Å²) in [5.74, 6) is 3.42. The molecule has 0 fully saturated rings. The lowest BCUT2D eigenvalue weighted by Crippen LogP contribution is -2.29. The van der Waals surface area contributed by atoms with Gasteiger partial charge in [-0.25, -0.2) is 0 Å². The largest absolute Gasteiger partial charge is 0.494 e. The smallest absolute Gasteiger partial charge is 0.119 e. The Bertz CT molecular complexity index is 810. The molecule has 3 heteroatoms. The van der Waals surface area contributed by atoms with E-state index < -0.39 is 0 Å². The zero-order valence-electron chi connectivity index (χ0n) is 16.4. The number of fused-ring (bicyclic) bond motifs is 3. The molecule has 27 heavy (non-hydrogen) atoms. The normalized spacial score (nSPS) is 22.9. The first-order valence-electron chi connectivity index (χ1n) is 10.1. The summed E-state index contributed by atoms with van der Waals surface area (Å²) >= 11 is 0. The fourth-order valence-electron chi connectivity index (χ4n) is 4.19. The first kappa shape index (κ1) is 18.0. The SMILES string of the molecule is CCOc1ccc(C2Nc3ccc(OCC(C)C)cc3C3C=CCC32)cc1. The summed E-state index contributed by atoms with van der Waals surface area (Å²) in [6.07, 6.45) is 5.81. The van der Waals surface area contributed by atoms with Crippen molar-refractivity contribution in [3.8, 4) is 11.5 Å². The van der Waals surface area contributed by atoms with Crippen molar-refractivity contribution < 1.29 is 9.47 Å². The van der Waals surface area contributed by atoms with Crippen molar-refractivity contribution in [3.05, 3.63) is 65.7 Å². The maximum Gasteiger partial charge on any atom is 0.119 e. The first-order chi connectivity index (χ1) is 13.2. The Balaban J connectivity index is 1.60. The molecule has 2 aromatic rings. The third-order valence-corrected chi connectivity index (χ3v) is 5.47. The number of anilines is 1. The van der Waals surface area contributed by atoms with Crippen LogP contribution >= 0.6 is 0 Å². The Kier molecular flexibility index (Phi) is 5.11. The molecular formula is C24H29NO2. The van der Waals surface area contributed by atoms with E-state index >= 15 is 0 Å². The van der Waals surface area contributed by atoms with Crippen molar-refractivity contribution in [2.24, 2.45) is 11.8 Å². The predicted molar refractivity (Wildman–Crippen MR) is 111 cm³/mol. The maximum atomic E-state index is 5.96. The number of rotatable bonds is 6. The van der Waals surface area contributed by atoms with Crippen LogP contribution in [-0.2, 0) is 0 Å². The summed E-state index contributed by atoms with van der Waals surface area (Å²) in [6.45, 7) is 7.82. The zero-order valence-corrected chi connectivity index (χ0v) is 16.4. The third kappa shape index (κ3) is 3.69. The fourth-order valence-corrected chi connectivity index (χ4v) is 4.19. The highest BCUT2D eigenvalue weighted by molar-refractivity contribution is 5.61. The minimum atomic E-state index is 0.315. The van der Waals surface area contributed by atoms with Crippen LogP contribution in [0.2, 0.25) is 0 Å². The second-order valence-electron chi connectivity index (χ2n) is 7.93. The van der Waals surface area contributed by atoms with E-state index in [1.165, 1.54) is 16.8 Å². The molecule has 1 aliphatic heterocycles. The molecule has 0 bridgehead atoms. The Hall–Kier alpha value is -2.42. The van der Waals surface area contributed by atoms with Gasteiger partial charge in [-0.3, -0.25) is 0 Å². The van der Waals surface area contributed by atoms with Crippen LogP contribution in [0.4, 0.5) is 5.69 Å². The maximum absolute atomic E-state index is 5.96. The van der Waals surface area contributed by atoms with Crippen molar-refractivity contribution >= 4 is 5.69 Å². The standard InChI is InChI=1S/C24H29NO2/c1-4-26-18-10-8-17(9-11-18)24-21-7-5-6-20(21)22-14-19(27-15-16(2)3)12-13-23(22)25-24/h5-6,8-14,16,20-21,24-25H,4,7,15H2,1-3H3. The zero-order chi connectivity index (χ0) is 18.8. The highest BCUT2D eigenvalue weighted by Crippen LogP contribution is 2.50. The number of benzene rings is 2. The van der Waals surface area contributed by atoms with Gasteiger partial charge in [-0.05, 0) is 66.6 Å². The average molecular weight is 364 g/mol. The van der Waals surface area contributed by atoms with Crippen molar-refractivity contribution in [2.75, 3.05) is 18.5 Å². The number of nitrogens with one attached hydrogen (secondary N) is 1. The van der Waals surface area contributed by atoms with Crippen LogP contribution in [-0.4, -0.2) is 13.2 Å². The monoisotopic (exact) mass is 363 g/mol. The summed E-state index contributed by atoms with van der Waals surface area (Å²) in [5.41, 5.74) is 3.90. The topological polar surface area (TPSA) is 30.5 Å². The van der Waals surface area contributed by atoms with Gasteiger partial charge in [0.1, 0.15) is 11.5 Å². The Morgan fingerprint density at radius 3 is 2.56 bits per heavy atom. The van der Waals surface area contributed by atoms with Crippen molar-refractivity contribution in [3.63, 3.8) is 0 Å². The summed E-state index contributed by atoms with van der Waals surface area (Å²) in [6, 6.07) is 15.4. The van der Waals surface area contributed by atoms with Crippen LogP contribution in [0.25, 0.3) is 0 Å². The van der Waals surface area contributed by atoms with Gasteiger partial charge in [0.25, 0.3) is 0 Å². The van der Waals surface area contributed by atoms with Crippen LogP contribution in [0.3, 0.4) is 0 Å². The number of hydrogen-bond acceptors (Lipinski definition) is 3. The molecule has 142 valence electrons. The molecule has 0 amide bonds. The molecule has 3 atom stereocenters. The highest BCUT2D eigenvalue weighted by Gasteiger charge is 2.38. The van der Waals surface area contributed by atoms with Gasteiger partial charge in [-0.2, -0.15) is 0 Å². The van der Waals surface area contributed by atoms with E-state index in [1.54, 1.807) is 0 Å². The molecule has 2 aliphatic rings. The molecule has 1 aliphatic carbocycles. The van der Waals surface area contributed by atoms with Crippen LogP contribution < -0.4 is 14.8 Å². The van der Waals surface area contributed by atoms with Gasteiger partial charge in [0.2, 0.25) is 0 Å². The van der Waals surface area contributed by atoms with Crippen molar-refractivity contribution in [2.45, 2.75) is 39.2 Å². The first-order valence-corrected chi connectivity index (χ1v) is 10.1. The molecular weight excluding hydrogens is 334 g/mol. The Morgan fingerprint density at radius 2 is 1.81 bits per heavy atom. The van der Waals surface area contributed by atoms with Gasteiger partial charge in [-0.1, -0.05) is 38.1 Å². The van der Waals surface area contributed by atoms with Gasteiger partial charge in [0.15, 0.2) is 0 Å². The van der Waals surface area contributed by atoms with Gasteiger partial charge in [0.05, 0.1) is 19.3 Å². The molecule has 4 rings (SSSR count). The molecule has 3 unspecified atom stereocenters. The number of allylic oxidation sites excluding steroid dienone is 2. The van der Waals surface area contributed by atoms with E-state index in [0.29, 0.717) is 30.4 Å². The number of hydrogen-bond donors (Lipinski definition) is 1. The van der Waals surface area contributed by atoms with Crippen LogP contribution in [0.5, 0.6) is 11.5 Å². The van der Waals surface area contributed by atoms with Gasteiger partial charge >= 0.3 is 0 Å². The molecule has 0 aromatic heterocycles. The van der Waals surface area contributed by atoms with E-state index in [4.69, 9.17) is 9.47 Å². The van der Waals surface area contributed by atoms with E-state index in [-0.39, 0.29) is 0 Å². The van der Waals surface area contributed by atoms with Crippen LogP contribution in [0.1, 0.15) is 50.3 Å². The minimum absolute atomic E-state index is 0.315. The minimum Gasteiger partial charge on any atom is -0.494 e. The predicted octanol–water partition coefficient (Wildman–Crippen LogP) is 5.95. The second-order valence-corrected chi connectivity index (χ2v) is 7.93. The summed E-state index contributed by atoms with van der Waals surface area (Å²) in [4.78, 5) is 0. The fraction of sp³-hybridized carbons (Fsp3) is 0.417. The van der Waals surface area contributed by atoms with Gasteiger partial charge < -0.3 is 14.8 Å². The van der Waals surface area contributed by atoms with Gasteiger partial charge in [-0.15, -0.1) is 0 Å². The van der Waals surface area contributed by atoms with E-state index in [2.05, 4.69) is 73.8 Å². The van der Waals surface area contributed by atoms with E-state index in [9.17, 15) is 0 Å². The van der Waals surface area contributed by atoms with E-state index in [1.807, 2.05) is 6.92 Å². The highest BCUT2D eigenvalue weighted by atomic mass is 16.5. The van der Waals surface area contributed by atoms with Gasteiger partial charge in [0, 0.05) is 11.6 Å². The lowest BCUT2D eigenvalue weighted by atomic mass is 9.77. The molecule has 0 spiro atoms. The average Bonchev–Trinajstić information content (AvgIpc) is 3.17. The molecule has 1 N–H and O–H groups in total. The Morgan fingerprint density at radius 1 is 1.04 bits per heavy atom. The van der Waals surface area contributed by atoms with Crippen molar-refractivity contribution in [1.29, 1.82) is 0 Å². The number of ether oxygens (including phenoxy) is 2. The van der Waals surface area contributed by atoms with Crippen molar-refractivity contribution in [1.82, 2.24) is 0 Å². The second kappa shape index (κ2) is 7.67. The summed E-state index contributed by atoms with van der Waals surface area (Å²) in [5, 5.41) is 3.79.